The van der Waals surface area contributed by atoms with Crippen molar-refractivity contribution in [2.24, 2.45) is 0 Å². The first-order chi connectivity index (χ1) is 3.39. The van der Waals surface area contributed by atoms with Crippen molar-refractivity contribution in [2.75, 3.05) is 0 Å². The molecule has 0 aliphatic carbocycles. The van der Waals surface area contributed by atoms with Gasteiger partial charge in [-0.3, -0.25) is 0 Å². The molecule has 0 saturated carbocycles. The Balaban J connectivity index is 2.12. The van der Waals surface area contributed by atoms with Crippen molar-refractivity contribution in [1.82, 2.24) is 14.7 Å². The number of nitrogens with one attached hydrogen (secondary N) is 2. The molecule has 0 unspecified atom stereocenters. The molecular formula is H5B3N3Si. The van der Waals surface area contributed by atoms with E-state index in [2.05, 4.69) is 10.3 Å². The standard InChI is InChI=1S/B3H5N3Si/c7-6-2-4-1-5-3-6/h4-5H,7H3. The molecule has 7 heteroatoms. The molecule has 3 nitrogen and oxygen atoms in total. The molecule has 0 aromatic heterocycles. The SMILES string of the molecule is [SiH3]N1[B]N[B]N[B]1. The molecule has 0 bridgehead atoms. The highest BCUT2D eigenvalue weighted by Gasteiger charge is 2.06. The summed E-state index contributed by atoms with van der Waals surface area (Å²) in [7, 11) is 6.61. The summed E-state index contributed by atoms with van der Waals surface area (Å²) in [5.74, 6) is 0. The number of hydrogen-bond acceptors (Lipinski definition) is 3. The van der Waals surface area contributed by atoms with Crippen LogP contribution in [0.2, 0.25) is 0 Å². The second-order valence-electron chi connectivity index (χ2n) is 1.40. The molecule has 7 heavy (non-hydrogen) atoms. The van der Waals surface area contributed by atoms with Crippen LogP contribution in [0.5, 0.6) is 0 Å². The number of hydrogen-bond donors (Lipinski definition) is 2. The van der Waals surface area contributed by atoms with Crippen LogP contribution >= 0.6 is 0 Å². The van der Waals surface area contributed by atoms with Crippen LogP contribution in [-0.2, 0) is 0 Å². The average molecular weight is 108 g/mol. The van der Waals surface area contributed by atoms with E-state index in [0.29, 0.717) is 0 Å². The van der Waals surface area contributed by atoms with Crippen molar-refractivity contribution in [3.63, 3.8) is 0 Å². The Kier molecular flexibility index (Phi) is 1.99. The molecule has 0 atom stereocenters. The Morgan fingerprint density at radius 3 is 2.14 bits per heavy atom. The summed E-state index contributed by atoms with van der Waals surface area (Å²) in [5.41, 5.74) is 0. The largest absolute Gasteiger partial charge is 0.396 e. The monoisotopic (exact) mass is 108 g/mol. The minimum atomic E-state index is 1.03. The van der Waals surface area contributed by atoms with Gasteiger partial charge in [0.05, 0.1) is 10.4 Å². The van der Waals surface area contributed by atoms with Gasteiger partial charge in [0.15, 0.2) is 0 Å². The Bertz CT molecular complexity index is 52.1. The molecule has 0 spiro atoms. The summed E-state index contributed by atoms with van der Waals surface area (Å²) >= 11 is 0. The smallest absolute Gasteiger partial charge is 0.284 e. The van der Waals surface area contributed by atoms with Gasteiger partial charge in [-0.1, -0.05) is 0 Å². The Labute approximate surface area is 48.6 Å². The van der Waals surface area contributed by atoms with E-state index in [1.54, 1.807) is 7.55 Å². The van der Waals surface area contributed by atoms with Crippen LogP contribution in [0.3, 0.4) is 0 Å². The lowest BCUT2D eigenvalue weighted by molar-refractivity contribution is 1.03. The van der Waals surface area contributed by atoms with Crippen LogP contribution in [0, 0.1) is 0 Å². The van der Waals surface area contributed by atoms with E-state index < -0.39 is 0 Å². The predicted octanol–water partition coefficient (Wildman–Crippen LogP) is -3.64. The molecule has 3 radical (unpaired) electrons. The van der Waals surface area contributed by atoms with Crippen LogP contribution in [0.4, 0.5) is 0 Å². The van der Waals surface area contributed by atoms with Gasteiger partial charge in [-0.25, -0.2) is 0 Å². The highest BCUT2D eigenvalue weighted by molar-refractivity contribution is 6.70. The molecule has 1 aliphatic heterocycles. The zero-order valence-electron chi connectivity index (χ0n) is 4.18. The van der Waals surface area contributed by atoms with Gasteiger partial charge < -0.3 is 14.7 Å². The first-order valence-electron chi connectivity index (χ1n) is 2.12. The van der Waals surface area contributed by atoms with Gasteiger partial charge in [-0.2, -0.15) is 0 Å². The van der Waals surface area contributed by atoms with Gasteiger partial charge >= 0.3 is 0 Å². The number of rotatable bonds is 0. The molecule has 1 rings (SSSR count). The van der Waals surface area contributed by atoms with Crippen LogP contribution in [-0.4, -0.2) is 37.4 Å². The zero-order chi connectivity index (χ0) is 5.11. The lowest BCUT2D eigenvalue weighted by Gasteiger charge is -2.19. The Morgan fingerprint density at radius 2 is 1.86 bits per heavy atom. The van der Waals surface area contributed by atoms with Gasteiger partial charge in [-0.15, -0.1) is 0 Å². The third-order valence-electron chi connectivity index (χ3n) is 0.723. The predicted molar refractivity (Wildman–Crippen MR) is 35.3 cm³/mol. The van der Waals surface area contributed by atoms with E-state index in [9.17, 15) is 0 Å². The normalized spacial score (nSPS) is 22.3. The summed E-state index contributed by atoms with van der Waals surface area (Å²) in [6.07, 6.45) is 0. The Hall–Kier alpha value is 0.292. The minimum absolute atomic E-state index is 1.03. The molecular weight excluding hydrogens is 103 g/mol. The van der Waals surface area contributed by atoms with Crippen molar-refractivity contribution in [1.29, 1.82) is 0 Å². The first kappa shape index (κ1) is 5.43. The fraction of sp³-hybridized carbons (Fsp3) is 0. The molecule has 1 fully saturated rings. The van der Waals surface area contributed by atoms with Crippen molar-refractivity contribution in [2.45, 2.75) is 0 Å². The third-order valence-corrected chi connectivity index (χ3v) is 1.24. The van der Waals surface area contributed by atoms with E-state index in [0.717, 1.165) is 10.4 Å². The van der Waals surface area contributed by atoms with Crippen molar-refractivity contribution in [3.8, 4) is 0 Å². The maximum Gasteiger partial charge on any atom is 0.284 e. The molecule has 0 aromatic carbocycles. The summed E-state index contributed by atoms with van der Waals surface area (Å²) in [5, 5.41) is 5.81. The minimum Gasteiger partial charge on any atom is -0.396 e. The molecule has 1 saturated heterocycles. The molecule has 2 N–H and O–H groups in total. The van der Waals surface area contributed by atoms with E-state index in [4.69, 9.17) is 0 Å². The highest BCUT2D eigenvalue weighted by Crippen LogP contribution is 1.67. The highest BCUT2D eigenvalue weighted by atomic mass is 28.2. The van der Waals surface area contributed by atoms with Crippen molar-refractivity contribution < 1.29 is 0 Å². The maximum absolute atomic E-state index is 2.90. The van der Waals surface area contributed by atoms with Crippen LogP contribution < -0.4 is 10.3 Å². The second kappa shape index (κ2) is 2.56. The zero-order valence-corrected chi connectivity index (χ0v) is 6.18. The molecule has 0 amide bonds. The lowest BCUT2D eigenvalue weighted by atomic mass is 9.85. The maximum atomic E-state index is 2.90. The van der Waals surface area contributed by atoms with Gasteiger partial charge in [0, 0.05) is 0 Å². The van der Waals surface area contributed by atoms with Gasteiger partial charge in [0.1, 0.15) is 0 Å². The topological polar surface area (TPSA) is 27.3 Å². The average Bonchev–Trinajstić information content (AvgIpc) is 1.69. The summed E-state index contributed by atoms with van der Waals surface area (Å²) in [6, 6.07) is 0. The summed E-state index contributed by atoms with van der Waals surface area (Å²) < 4.78 is 2.03. The molecule has 0 aromatic rings. The second-order valence-corrected chi connectivity index (χ2v) is 2.43. The third kappa shape index (κ3) is 1.69. The summed E-state index contributed by atoms with van der Waals surface area (Å²) in [4.78, 5) is 0. The molecule has 1 heterocycles. The first-order valence-corrected chi connectivity index (χ1v) is 3.01. The van der Waals surface area contributed by atoms with E-state index in [1.807, 2.05) is 19.5 Å². The van der Waals surface area contributed by atoms with Crippen LogP contribution in [0.15, 0.2) is 0 Å². The van der Waals surface area contributed by atoms with E-state index >= 15 is 0 Å². The van der Waals surface area contributed by atoms with Crippen molar-refractivity contribution in [3.05, 3.63) is 0 Å². The fourth-order valence-corrected chi connectivity index (χ4v) is 0.693. The van der Waals surface area contributed by atoms with Gasteiger partial charge in [0.2, 0.25) is 0 Å². The number of nitrogens with zero attached hydrogens (tertiary/aromatic N) is 1. The van der Waals surface area contributed by atoms with Gasteiger partial charge in [0.25, 0.3) is 22.6 Å². The van der Waals surface area contributed by atoms with Crippen molar-refractivity contribution >= 4 is 33.1 Å². The van der Waals surface area contributed by atoms with Crippen LogP contribution in [0.25, 0.3) is 0 Å². The quantitative estimate of drug-likeness (QED) is 0.313. The Morgan fingerprint density at radius 1 is 1.29 bits per heavy atom. The fourth-order valence-electron chi connectivity index (χ4n) is 0.395. The summed E-state index contributed by atoms with van der Waals surface area (Å²) in [6.45, 7) is 0. The van der Waals surface area contributed by atoms with Crippen LogP contribution in [0.1, 0.15) is 0 Å². The lowest BCUT2D eigenvalue weighted by Crippen LogP contribution is -2.56. The van der Waals surface area contributed by atoms with E-state index in [-0.39, 0.29) is 0 Å². The molecule has 33 valence electrons. The van der Waals surface area contributed by atoms with E-state index in [1.165, 1.54) is 0 Å². The molecule has 1 aliphatic rings. The van der Waals surface area contributed by atoms with Gasteiger partial charge in [-0.05, 0) is 0 Å².